The summed E-state index contributed by atoms with van der Waals surface area (Å²) in [5.41, 5.74) is 2.97. The van der Waals surface area contributed by atoms with Gasteiger partial charge in [0.15, 0.2) is 0 Å². The first-order chi connectivity index (χ1) is 13.3. The van der Waals surface area contributed by atoms with Gasteiger partial charge in [-0.15, -0.1) is 0 Å². The first-order valence-corrected chi connectivity index (χ1v) is 9.98. The Balaban J connectivity index is 1.41. The number of aromatic nitrogens is 2. The summed E-state index contributed by atoms with van der Waals surface area (Å²) in [6.07, 6.45) is 7.84. The quantitative estimate of drug-likeness (QED) is 0.898. The topological polar surface area (TPSA) is 61.5 Å². The predicted molar refractivity (Wildman–Crippen MR) is 106 cm³/mol. The summed E-state index contributed by atoms with van der Waals surface area (Å²) < 4.78 is 5.32. The zero-order chi connectivity index (χ0) is 18.6. The van der Waals surface area contributed by atoms with Gasteiger partial charge in [-0.1, -0.05) is 25.3 Å². The predicted octanol–water partition coefficient (Wildman–Crippen LogP) is 3.43. The number of nitrogens with one attached hydrogen (secondary N) is 1. The summed E-state index contributed by atoms with van der Waals surface area (Å²) in [7, 11) is 1.69. The second-order valence-electron chi connectivity index (χ2n) is 7.51. The Labute approximate surface area is 160 Å². The molecule has 1 N–H and O–H groups in total. The number of hydrogen-bond donors (Lipinski definition) is 1. The molecule has 0 spiro atoms. The lowest BCUT2D eigenvalue weighted by molar-refractivity contribution is 0.0745. The molecule has 1 aromatic carbocycles. The van der Waals surface area contributed by atoms with Gasteiger partial charge >= 0.3 is 0 Å². The van der Waals surface area contributed by atoms with E-state index < -0.39 is 0 Å². The average molecular weight is 368 g/mol. The largest absolute Gasteiger partial charge is 0.497 e. The fourth-order valence-electron chi connectivity index (χ4n) is 4.31. The van der Waals surface area contributed by atoms with Crippen LogP contribution in [0.25, 0.3) is 0 Å². The third kappa shape index (κ3) is 3.80. The van der Waals surface area contributed by atoms with E-state index in [9.17, 15) is 4.79 Å². The Hall–Kier alpha value is -2.50. The van der Waals surface area contributed by atoms with Crippen LogP contribution >= 0.6 is 0 Å². The highest BCUT2D eigenvalue weighted by atomic mass is 16.5. The van der Waals surface area contributed by atoms with Crippen molar-refractivity contribution in [2.24, 2.45) is 0 Å². The highest BCUT2D eigenvalue weighted by molar-refractivity contribution is 5.95. The number of carbonyl (C=O) groups is 1. The molecule has 1 amide bonds. The molecule has 6 nitrogen and oxygen atoms in total. The standard InChI is InChI=1S/C21H28N4O2/c1-27-18-9-5-8-17(14-18)24-10-12-25(13-11-24)21(26)19-15-22-23-20(19)16-6-3-2-4-7-16/h5,8-9,14-16H,2-4,6-7,10-13H2,1H3,(H,22,23). The maximum absolute atomic E-state index is 13.1. The van der Waals surface area contributed by atoms with Crippen molar-refractivity contribution < 1.29 is 9.53 Å². The molecule has 27 heavy (non-hydrogen) atoms. The van der Waals surface area contributed by atoms with Crippen LogP contribution in [0.4, 0.5) is 5.69 Å². The maximum atomic E-state index is 13.1. The number of amides is 1. The average Bonchev–Trinajstić information content (AvgIpc) is 3.24. The van der Waals surface area contributed by atoms with Crippen LogP contribution in [0.1, 0.15) is 54.1 Å². The normalized spacial score (nSPS) is 18.6. The Morgan fingerprint density at radius 2 is 1.93 bits per heavy atom. The van der Waals surface area contributed by atoms with Crippen molar-refractivity contribution in [3.63, 3.8) is 0 Å². The van der Waals surface area contributed by atoms with Crippen LogP contribution < -0.4 is 9.64 Å². The van der Waals surface area contributed by atoms with Crippen molar-refractivity contribution in [2.75, 3.05) is 38.2 Å². The summed E-state index contributed by atoms with van der Waals surface area (Å²) in [5, 5.41) is 7.32. The lowest BCUT2D eigenvalue weighted by atomic mass is 9.85. The van der Waals surface area contributed by atoms with Gasteiger partial charge in [0.05, 0.1) is 24.6 Å². The van der Waals surface area contributed by atoms with Gasteiger partial charge in [-0.05, 0) is 25.0 Å². The van der Waals surface area contributed by atoms with E-state index in [2.05, 4.69) is 27.2 Å². The first-order valence-electron chi connectivity index (χ1n) is 9.98. The third-order valence-corrected chi connectivity index (χ3v) is 5.90. The summed E-state index contributed by atoms with van der Waals surface area (Å²) in [6.45, 7) is 3.11. The van der Waals surface area contributed by atoms with E-state index in [-0.39, 0.29) is 5.91 Å². The van der Waals surface area contributed by atoms with E-state index in [1.54, 1.807) is 13.3 Å². The van der Waals surface area contributed by atoms with Crippen LogP contribution in [0.15, 0.2) is 30.5 Å². The zero-order valence-electron chi connectivity index (χ0n) is 16.0. The molecule has 144 valence electrons. The molecule has 1 aliphatic carbocycles. The Kier molecular flexibility index (Phi) is 5.32. The molecular weight excluding hydrogens is 340 g/mol. The molecule has 6 heteroatoms. The molecule has 1 aliphatic heterocycles. The SMILES string of the molecule is COc1cccc(N2CCN(C(=O)c3cn[nH]c3C3CCCCC3)CC2)c1. The van der Waals surface area contributed by atoms with Gasteiger partial charge in [-0.2, -0.15) is 5.10 Å². The number of methoxy groups -OCH3 is 1. The molecular formula is C21H28N4O2. The number of H-pyrrole nitrogens is 1. The molecule has 1 aromatic heterocycles. The molecule has 0 atom stereocenters. The van der Waals surface area contributed by atoms with Gasteiger partial charge in [0.2, 0.25) is 0 Å². The van der Waals surface area contributed by atoms with Crippen LogP contribution in [0.3, 0.4) is 0 Å². The number of rotatable bonds is 4. The van der Waals surface area contributed by atoms with Crippen LogP contribution in [0, 0.1) is 0 Å². The van der Waals surface area contributed by atoms with Crippen molar-refractivity contribution in [3.05, 3.63) is 41.7 Å². The van der Waals surface area contributed by atoms with Gasteiger partial charge in [0.25, 0.3) is 5.91 Å². The molecule has 0 unspecified atom stereocenters. The molecule has 0 radical (unpaired) electrons. The second kappa shape index (κ2) is 8.03. The number of hydrogen-bond acceptors (Lipinski definition) is 4. The first kappa shape index (κ1) is 17.9. The van der Waals surface area contributed by atoms with Crippen molar-refractivity contribution in [1.29, 1.82) is 0 Å². The van der Waals surface area contributed by atoms with E-state index in [0.717, 1.165) is 61.7 Å². The number of anilines is 1. The number of benzene rings is 1. The fourth-order valence-corrected chi connectivity index (χ4v) is 4.31. The minimum Gasteiger partial charge on any atom is -0.497 e. The Morgan fingerprint density at radius 1 is 1.15 bits per heavy atom. The van der Waals surface area contributed by atoms with E-state index >= 15 is 0 Å². The van der Waals surface area contributed by atoms with E-state index in [1.165, 1.54) is 19.3 Å². The number of piperazine rings is 1. The van der Waals surface area contributed by atoms with E-state index in [4.69, 9.17) is 4.74 Å². The molecule has 1 saturated heterocycles. The summed E-state index contributed by atoms with van der Waals surface area (Å²) in [6, 6.07) is 8.11. The van der Waals surface area contributed by atoms with Gasteiger partial charge in [0.1, 0.15) is 5.75 Å². The summed E-state index contributed by atoms with van der Waals surface area (Å²) in [4.78, 5) is 17.4. The molecule has 2 aliphatic rings. The minimum atomic E-state index is 0.120. The highest BCUT2D eigenvalue weighted by Gasteiger charge is 2.28. The van der Waals surface area contributed by atoms with E-state index in [0.29, 0.717) is 5.92 Å². The molecule has 2 fully saturated rings. The monoisotopic (exact) mass is 368 g/mol. The number of nitrogens with zero attached hydrogens (tertiary/aromatic N) is 3. The van der Waals surface area contributed by atoms with E-state index in [1.807, 2.05) is 17.0 Å². The fraction of sp³-hybridized carbons (Fsp3) is 0.524. The number of ether oxygens (including phenoxy) is 1. The van der Waals surface area contributed by atoms with Crippen LogP contribution in [-0.4, -0.2) is 54.3 Å². The summed E-state index contributed by atoms with van der Waals surface area (Å²) in [5.74, 6) is 1.44. The van der Waals surface area contributed by atoms with Crippen molar-refractivity contribution >= 4 is 11.6 Å². The molecule has 4 rings (SSSR count). The lowest BCUT2D eigenvalue weighted by Crippen LogP contribution is -2.49. The van der Waals surface area contributed by atoms with Crippen molar-refractivity contribution in [3.8, 4) is 5.75 Å². The van der Waals surface area contributed by atoms with Gasteiger partial charge in [-0.3, -0.25) is 9.89 Å². The minimum absolute atomic E-state index is 0.120. The molecule has 2 aromatic rings. The van der Waals surface area contributed by atoms with Crippen LogP contribution in [0.5, 0.6) is 5.75 Å². The van der Waals surface area contributed by atoms with Gasteiger partial charge < -0.3 is 14.5 Å². The third-order valence-electron chi connectivity index (χ3n) is 5.90. The van der Waals surface area contributed by atoms with Crippen molar-refractivity contribution in [2.45, 2.75) is 38.0 Å². The second-order valence-corrected chi connectivity index (χ2v) is 7.51. The van der Waals surface area contributed by atoms with Crippen molar-refractivity contribution in [1.82, 2.24) is 15.1 Å². The Bertz CT molecular complexity index is 774. The van der Waals surface area contributed by atoms with Crippen LogP contribution in [0.2, 0.25) is 0 Å². The maximum Gasteiger partial charge on any atom is 0.257 e. The number of aromatic amines is 1. The molecule has 0 bridgehead atoms. The van der Waals surface area contributed by atoms with Gasteiger partial charge in [-0.25, -0.2) is 0 Å². The Morgan fingerprint density at radius 3 is 2.67 bits per heavy atom. The summed E-state index contributed by atoms with van der Waals surface area (Å²) >= 11 is 0. The number of carbonyl (C=O) groups excluding carboxylic acids is 1. The van der Waals surface area contributed by atoms with Crippen LogP contribution in [-0.2, 0) is 0 Å². The van der Waals surface area contributed by atoms with Gasteiger partial charge in [0, 0.05) is 43.9 Å². The molecule has 1 saturated carbocycles. The lowest BCUT2D eigenvalue weighted by Gasteiger charge is -2.36. The smallest absolute Gasteiger partial charge is 0.257 e. The molecule has 2 heterocycles. The zero-order valence-corrected chi connectivity index (χ0v) is 16.0. The highest BCUT2D eigenvalue weighted by Crippen LogP contribution is 2.33.